The van der Waals surface area contributed by atoms with Crippen molar-refractivity contribution < 1.29 is 9.59 Å². The van der Waals surface area contributed by atoms with E-state index in [1.165, 1.54) is 4.90 Å². The Morgan fingerprint density at radius 1 is 1.00 bits per heavy atom. The molecule has 0 unspecified atom stereocenters. The first-order chi connectivity index (χ1) is 7.25. The molecule has 2 rings (SSSR count). The Balaban J connectivity index is 0.000000531. The lowest BCUT2D eigenvalue weighted by Crippen LogP contribution is -2.31. The van der Waals surface area contributed by atoms with Gasteiger partial charge in [0.1, 0.15) is 0 Å². The number of imide groups is 1. The van der Waals surface area contributed by atoms with Gasteiger partial charge in [-0.3, -0.25) is 14.5 Å². The fourth-order valence-corrected chi connectivity index (χ4v) is 2.08. The van der Waals surface area contributed by atoms with Crippen molar-refractivity contribution in [3.63, 3.8) is 0 Å². The summed E-state index contributed by atoms with van der Waals surface area (Å²) < 4.78 is 0. The molecule has 0 aromatic heterocycles. The van der Waals surface area contributed by atoms with Gasteiger partial charge >= 0.3 is 0 Å². The molecule has 0 fully saturated rings. The fourth-order valence-electron chi connectivity index (χ4n) is 2.08. The molecule has 0 atom stereocenters. The van der Waals surface area contributed by atoms with Gasteiger partial charge in [-0.15, -0.1) is 0 Å². The van der Waals surface area contributed by atoms with Crippen molar-refractivity contribution >= 4 is 11.8 Å². The predicted octanol–water partition coefficient (Wildman–Crippen LogP) is 2.27. The smallest absolute Gasteiger partial charge is 0.257 e. The number of carbonyl (C=O) groups excluding carboxylic acids is 2. The quantitative estimate of drug-likeness (QED) is 0.621. The first-order valence-corrected chi connectivity index (χ1v) is 5.84. The summed E-state index contributed by atoms with van der Waals surface area (Å²) in [5.41, 5.74) is 1.58. The Hall–Kier alpha value is -1.12. The van der Waals surface area contributed by atoms with E-state index in [0.29, 0.717) is 6.54 Å². The normalized spacial score (nSPS) is 20.1. The maximum atomic E-state index is 11.6. The van der Waals surface area contributed by atoms with Crippen LogP contribution in [0.25, 0.3) is 0 Å². The van der Waals surface area contributed by atoms with Crippen LogP contribution in [0.5, 0.6) is 0 Å². The third-order valence-corrected chi connectivity index (χ3v) is 2.79. The zero-order chi connectivity index (χ0) is 11.4. The Kier molecular flexibility index (Phi) is 4.06. The van der Waals surface area contributed by atoms with Gasteiger partial charge in [-0.1, -0.05) is 13.8 Å². The Morgan fingerprint density at radius 3 is 1.73 bits per heavy atom. The van der Waals surface area contributed by atoms with Crippen LogP contribution in [0.2, 0.25) is 0 Å². The van der Waals surface area contributed by atoms with Crippen LogP contribution in [0.15, 0.2) is 11.1 Å². The average Bonchev–Trinajstić information content (AvgIpc) is 2.55. The number of hydrogen-bond acceptors (Lipinski definition) is 2. The molecule has 0 saturated carbocycles. The molecule has 3 heteroatoms. The number of likely N-dealkylation sites (N-methyl/N-ethyl adjacent to an activating group) is 1. The van der Waals surface area contributed by atoms with Crippen molar-refractivity contribution in [3.8, 4) is 0 Å². The first kappa shape index (κ1) is 12.0. The summed E-state index contributed by atoms with van der Waals surface area (Å²) in [6, 6.07) is 0. The average molecular weight is 209 g/mol. The highest BCUT2D eigenvalue weighted by atomic mass is 16.2. The molecular formula is C12H19NO2. The molecule has 0 aromatic carbocycles. The van der Waals surface area contributed by atoms with Gasteiger partial charge in [-0.2, -0.15) is 0 Å². The summed E-state index contributed by atoms with van der Waals surface area (Å²) in [5, 5.41) is 0. The molecule has 0 saturated heterocycles. The van der Waals surface area contributed by atoms with E-state index in [2.05, 4.69) is 0 Å². The maximum absolute atomic E-state index is 11.6. The summed E-state index contributed by atoms with van der Waals surface area (Å²) in [7, 11) is 0. The molecule has 3 nitrogen and oxygen atoms in total. The zero-order valence-corrected chi connectivity index (χ0v) is 9.80. The molecule has 1 aliphatic heterocycles. The lowest BCUT2D eigenvalue weighted by atomic mass is 9.93. The molecule has 84 valence electrons. The molecule has 0 bridgehead atoms. The molecule has 0 spiro atoms. The first-order valence-electron chi connectivity index (χ1n) is 5.84. The minimum atomic E-state index is -0.0396. The summed E-state index contributed by atoms with van der Waals surface area (Å²) in [5.74, 6) is -0.0793. The lowest BCUT2D eigenvalue weighted by Gasteiger charge is -2.10. The molecule has 0 N–H and O–H groups in total. The van der Waals surface area contributed by atoms with E-state index in [0.717, 1.165) is 36.8 Å². The van der Waals surface area contributed by atoms with Gasteiger partial charge in [-0.25, -0.2) is 0 Å². The van der Waals surface area contributed by atoms with E-state index in [1.807, 2.05) is 20.8 Å². The number of carbonyl (C=O) groups is 2. The third kappa shape index (κ3) is 1.96. The summed E-state index contributed by atoms with van der Waals surface area (Å²) >= 11 is 0. The largest absolute Gasteiger partial charge is 0.275 e. The summed E-state index contributed by atoms with van der Waals surface area (Å²) in [6.07, 6.45) is 3.71. The minimum Gasteiger partial charge on any atom is -0.275 e. The van der Waals surface area contributed by atoms with Gasteiger partial charge in [0.05, 0.1) is 0 Å². The SMILES string of the molecule is CC.CCN1C(=O)C2=C(CCCC2)C1=O. The van der Waals surface area contributed by atoms with Crippen LogP contribution in [-0.4, -0.2) is 23.3 Å². The van der Waals surface area contributed by atoms with E-state index >= 15 is 0 Å². The number of hydrogen-bond donors (Lipinski definition) is 0. The second-order valence-corrected chi connectivity index (χ2v) is 3.52. The van der Waals surface area contributed by atoms with E-state index in [-0.39, 0.29) is 11.8 Å². The van der Waals surface area contributed by atoms with Crippen LogP contribution in [-0.2, 0) is 9.59 Å². The summed E-state index contributed by atoms with van der Waals surface area (Å²) in [4.78, 5) is 24.6. The highest BCUT2D eigenvalue weighted by Gasteiger charge is 2.37. The van der Waals surface area contributed by atoms with Crippen molar-refractivity contribution in [2.75, 3.05) is 6.54 Å². The van der Waals surface area contributed by atoms with Crippen molar-refractivity contribution in [3.05, 3.63) is 11.1 Å². The van der Waals surface area contributed by atoms with Crippen molar-refractivity contribution in [1.29, 1.82) is 0 Å². The molecule has 1 aliphatic carbocycles. The topological polar surface area (TPSA) is 37.4 Å². The molecule has 2 aliphatic rings. The van der Waals surface area contributed by atoms with E-state index < -0.39 is 0 Å². The van der Waals surface area contributed by atoms with Gasteiger partial charge in [0, 0.05) is 17.7 Å². The highest BCUT2D eigenvalue weighted by molar-refractivity contribution is 6.19. The number of rotatable bonds is 1. The molecule has 2 amide bonds. The van der Waals surface area contributed by atoms with Crippen LogP contribution < -0.4 is 0 Å². The van der Waals surface area contributed by atoms with Gasteiger partial charge in [0.15, 0.2) is 0 Å². The molecule has 15 heavy (non-hydrogen) atoms. The van der Waals surface area contributed by atoms with Gasteiger partial charge in [0.25, 0.3) is 11.8 Å². The molecular weight excluding hydrogens is 190 g/mol. The van der Waals surface area contributed by atoms with Crippen LogP contribution in [0, 0.1) is 0 Å². The second-order valence-electron chi connectivity index (χ2n) is 3.52. The van der Waals surface area contributed by atoms with Crippen LogP contribution in [0.4, 0.5) is 0 Å². The Labute approximate surface area is 91.1 Å². The van der Waals surface area contributed by atoms with Crippen molar-refractivity contribution in [2.24, 2.45) is 0 Å². The standard InChI is InChI=1S/C10H13NO2.C2H6/c1-2-11-9(12)7-5-3-4-6-8(7)10(11)13;1-2/h2-6H2,1H3;1-2H3. The number of nitrogens with zero attached hydrogens (tertiary/aromatic N) is 1. The van der Waals surface area contributed by atoms with E-state index in [1.54, 1.807) is 0 Å². The van der Waals surface area contributed by atoms with Gasteiger partial charge in [-0.05, 0) is 32.6 Å². The molecule has 1 heterocycles. The van der Waals surface area contributed by atoms with Crippen LogP contribution in [0.1, 0.15) is 46.5 Å². The second kappa shape index (κ2) is 5.10. The van der Waals surface area contributed by atoms with Crippen molar-refractivity contribution in [2.45, 2.75) is 46.5 Å². The maximum Gasteiger partial charge on any atom is 0.257 e. The minimum absolute atomic E-state index is 0.0396. The van der Waals surface area contributed by atoms with Crippen LogP contribution in [0.3, 0.4) is 0 Å². The Bertz CT molecular complexity index is 277. The number of amides is 2. The van der Waals surface area contributed by atoms with Gasteiger partial charge in [0.2, 0.25) is 0 Å². The van der Waals surface area contributed by atoms with Gasteiger partial charge < -0.3 is 0 Å². The van der Waals surface area contributed by atoms with E-state index in [9.17, 15) is 9.59 Å². The third-order valence-electron chi connectivity index (χ3n) is 2.79. The molecule has 0 radical (unpaired) electrons. The zero-order valence-electron chi connectivity index (χ0n) is 9.80. The highest BCUT2D eigenvalue weighted by Crippen LogP contribution is 2.32. The summed E-state index contributed by atoms with van der Waals surface area (Å²) in [6.45, 7) is 6.35. The lowest BCUT2D eigenvalue weighted by molar-refractivity contribution is -0.137. The fraction of sp³-hybridized carbons (Fsp3) is 0.667. The van der Waals surface area contributed by atoms with Crippen molar-refractivity contribution in [1.82, 2.24) is 4.90 Å². The Morgan fingerprint density at radius 2 is 1.40 bits per heavy atom. The van der Waals surface area contributed by atoms with E-state index in [4.69, 9.17) is 0 Å². The predicted molar refractivity (Wildman–Crippen MR) is 59.2 cm³/mol. The monoisotopic (exact) mass is 209 g/mol. The molecule has 0 aromatic rings. The van der Waals surface area contributed by atoms with Crippen LogP contribution >= 0.6 is 0 Å².